The second-order valence-corrected chi connectivity index (χ2v) is 6.92. The van der Waals surface area contributed by atoms with Gasteiger partial charge in [0.15, 0.2) is 0 Å². The van der Waals surface area contributed by atoms with Gasteiger partial charge in [-0.3, -0.25) is 0 Å². The molecule has 118 valence electrons. The molecule has 0 heteroatoms. The van der Waals surface area contributed by atoms with E-state index in [0.717, 1.165) is 0 Å². The minimum absolute atomic E-state index is 1.30. The van der Waals surface area contributed by atoms with Crippen LogP contribution >= 0.6 is 0 Å². The van der Waals surface area contributed by atoms with E-state index in [4.69, 9.17) is 0 Å². The summed E-state index contributed by atoms with van der Waals surface area (Å²) in [6.07, 6.45) is 0. The molecular weight excluding hydrogens is 288 g/mol. The average Bonchev–Trinajstić information content (AvgIpc) is 2.59. The van der Waals surface area contributed by atoms with Crippen LogP contribution in [0, 0.1) is 27.7 Å². The SMILES string of the molecule is Cc1ccc(C)c2cc(-c3cc(C)c4cccc(C)c4c3)ccc12. The van der Waals surface area contributed by atoms with Crippen LogP contribution in [0.2, 0.25) is 0 Å². The predicted octanol–water partition coefficient (Wildman–Crippen LogP) is 6.89. The summed E-state index contributed by atoms with van der Waals surface area (Å²) in [6, 6.07) is 22.5. The van der Waals surface area contributed by atoms with Gasteiger partial charge in [-0.05, 0) is 94.8 Å². The van der Waals surface area contributed by atoms with Gasteiger partial charge in [-0.15, -0.1) is 0 Å². The van der Waals surface area contributed by atoms with E-state index in [-0.39, 0.29) is 0 Å². The monoisotopic (exact) mass is 310 g/mol. The maximum atomic E-state index is 2.34. The van der Waals surface area contributed by atoms with Gasteiger partial charge in [0, 0.05) is 0 Å². The molecule has 0 spiro atoms. The first-order valence-electron chi connectivity index (χ1n) is 8.55. The Balaban J connectivity index is 1.99. The second-order valence-electron chi connectivity index (χ2n) is 6.92. The Morgan fingerprint density at radius 2 is 1.00 bits per heavy atom. The summed E-state index contributed by atoms with van der Waals surface area (Å²) in [5.41, 5.74) is 7.96. The minimum Gasteiger partial charge on any atom is -0.0614 e. The molecule has 0 nitrogen and oxygen atoms in total. The fraction of sp³-hybridized carbons (Fsp3) is 0.167. The topological polar surface area (TPSA) is 0 Å². The molecule has 24 heavy (non-hydrogen) atoms. The molecule has 0 heterocycles. The first kappa shape index (κ1) is 15.0. The summed E-state index contributed by atoms with van der Waals surface area (Å²) in [7, 11) is 0. The van der Waals surface area contributed by atoms with Crippen LogP contribution in [0.4, 0.5) is 0 Å². The van der Waals surface area contributed by atoms with Crippen LogP contribution in [-0.2, 0) is 0 Å². The normalized spacial score (nSPS) is 11.3. The average molecular weight is 310 g/mol. The molecule has 0 amide bonds. The second kappa shape index (κ2) is 5.49. The maximum absolute atomic E-state index is 2.34. The van der Waals surface area contributed by atoms with Crippen LogP contribution in [0.15, 0.2) is 60.7 Å². The standard InChI is InChI=1S/C24H22/c1-15-6-5-7-21-18(4)12-20(14-24(15)21)19-10-11-22-16(2)8-9-17(3)23(22)13-19/h5-14H,1-4H3. The third-order valence-electron chi connectivity index (χ3n) is 5.21. The van der Waals surface area contributed by atoms with Crippen LogP contribution in [-0.4, -0.2) is 0 Å². The smallest absolute Gasteiger partial charge is 0.0146 e. The van der Waals surface area contributed by atoms with E-state index in [1.54, 1.807) is 0 Å². The summed E-state index contributed by atoms with van der Waals surface area (Å²) in [5, 5.41) is 5.42. The molecule has 0 aromatic heterocycles. The molecule has 0 bridgehead atoms. The first-order valence-corrected chi connectivity index (χ1v) is 8.55. The Kier molecular flexibility index (Phi) is 3.42. The van der Waals surface area contributed by atoms with Gasteiger partial charge in [-0.2, -0.15) is 0 Å². The van der Waals surface area contributed by atoms with Crippen molar-refractivity contribution < 1.29 is 0 Å². The van der Waals surface area contributed by atoms with Gasteiger partial charge in [-0.1, -0.05) is 48.5 Å². The molecular formula is C24H22. The Labute approximate surface area is 143 Å². The lowest BCUT2D eigenvalue weighted by Gasteiger charge is -2.12. The van der Waals surface area contributed by atoms with Crippen molar-refractivity contribution in [3.8, 4) is 11.1 Å². The number of hydrogen-bond acceptors (Lipinski definition) is 0. The fourth-order valence-electron chi connectivity index (χ4n) is 3.71. The molecule has 0 saturated heterocycles. The molecule has 0 aliphatic carbocycles. The van der Waals surface area contributed by atoms with Crippen LogP contribution in [0.1, 0.15) is 22.3 Å². The Hall–Kier alpha value is -2.60. The summed E-state index contributed by atoms with van der Waals surface area (Å²) >= 11 is 0. The molecule has 0 atom stereocenters. The zero-order valence-corrected chi connectivity index (χ0v) is 14.8. The summed E-state index contributed by atoms with van der Waals surface area (Å²) < 4.78 is 0. The summed E-state index contributed by atoms with van der Waals surface area (Å²) in [4.78, 5) is 0. The van der Waals surface area contributed by atoms with Crippen molar-refractivity contribution in [2.45, 2.75) is 27.7 Å². The molecule has 0 aliphatic rings. The van der Waals surface area contributed by atoms with E-state index >= 15 is 0 Å². The van der Waals surface area contributed by atoms with Gasteiger partial charge >= 0.3 is 0 Å². The van der Waals surface area contributed by atoms with Crippen molar-refractivity contribution >= 4 is 21.5 Å². The molecule has 0 unspecified atom stereocenters. The highest BCUT2D eigenvalue weighted by Gasteiger charge is 2.07. The van der Waals surface area contributed by atoms with E-state index in [2.05, 4.69) is 88.4 Å². The molecule has 0 saturated carbocycles. The zero-order valence-electron chi connectivity index (χ0n) is 14.8. The molecule has 0 N–H and O–H groups in total. The quantitative estimate of drug-likeness (QED) is 0.359. The van der Waals surface area contributed by atoms with Crippen molar-refractivity contribution in [3.05, 3.63) is 82.9 Å². The Bertz CT molecular complexity index is 1080. The highest BCUT2D eigenvalue weighted by molar-refractivity contribution is 5.95. The van der Waals surface area contributed by atoms with Crippen LogP contribution < -0.4 is 0 Å². The molecule has 4 aromatic rings. The van der Waals surface area contributed by atoms with Crippen LogP contribution in [0.5, 0.6) is 0 Å². The number of fused-ring (bicyclic) bond motifs is 2. The third kappa shape index (κ3) is 2.30. The van der Waals surface area contributed by atoms with Crippen LogP contribution in [0.3, 0.4) is 0 Å². The molecule has 4 aromatic carbocycles. The molecule has 4 rings (SSSR count). The van der Waals surface area contributed by atoms with E-state index in [0.29, 0.717) is 0 Å². The lowest BCUT2D eigenvalue weighted by atomic mass is 9.92. The van der Waals surface area contributed by atoms with Crippen LogP contribution in [0.25, 0.3) is 32.7 Å². The van der Waals surface area contributed by atoms with Gasteiger partial charge in [0.2, 0.25) is 0 Å². The number of rotatable bonds is 1. The van der Waals surface area contributed by atoms with E-state index in [1.165, 1.54) is 54.9 Å². The van der Waals surface area contributed by atoms with Gasteiger partial charge < -0.3 is 0 Å². The van der Waals surface area contributed by atoms with E-state index < -0.39 is 0 Å². The molecule has 0 fully saturated rings. The van der Waals surface area contributed by atoms with Gasteiger partial charge in [0.05, 0.1) is 0 Å². The lowest BCUT2D eigenvalue weighted by molar-refractivity contribution is 1.45. The number of aryl methyl sites for hydroxylation is 4. The number of hydrogen-bond donors (Lipinski definition) is 0. The summed E-state index contributed by atoms with van der Waals surface area (Å²) in [6.45, 7) is 8.79. The number of benzene rings is 4. The van der Waals surface area contributed by atoms with Crippen molar-refractivity contribution in [1.29, 1.82) is 0 Å². The molecule has 0 aliphatic heterocycles. The van der Waals surface area contributed by atoms with Crippen molar-refractivity contribution in [1.82, 2.24) is 0 Å². The first-order chi connectivity index (χ1) is 11.5. The summed E-state index contributed by atoms with van der Waals surface area (Å²) in [5.74, 6) is 0. The zero-order chi connectivity index (χ0) is 16.8. The minimum atomic E-state index is 1.30. The van der Waals surface area contributed by atoms with Crippen molar-refractivity contribution in [2.75, 3.05) is 0 Å². The predicted molar refractivity (Wildman–Crippen MR) is 106 cm³/mol. The Morgan fingerprint density at radius 1 is 0.417 bits per heavy atom. The van der Waals surface area contributed by atoms with Crippen molar-refractivity contribution in [3.63, 3.8) is 0 Å². The van der Waals surface area contributed by atoms with E-state index in [1.807, 2.05) is 0 Å². The Morgan fingerprint density at radius 3 is 1.75 bits per heavy atom. The fourth-order valence-corrected chi connectivity index (χ4v) is 3.71. The highest BCUT2D eigenvalue weighted by Crippen LogP contribution is 2.32. The van der Waals surface area contributed by atoms with E-state index in [9.17, 15) is 0 Å². The van der Waals surface area contributed by atoms with Gasteiger partial charge in [-0.25, -0.2) is 0 Å². The maximum Gasteiger partial charge on any atom is -0.0146 e. The van der Waals surface area contributed by atoms with Crippen molar-refractivity contribution in [2.24, 2.45) is 0 Å². The molecule has 0 radical (unpaired) electrons. The van der Waals surface area contributed by atoms with Gasteiger partial charge in [0.25, 0.3) is 0 Å². The third-order valence-corrected chi connectivity index (χ3v) is 5.21. The largest absolute Gasteiger partial charge is 0.0614 e. The lowest BCUT2D eigenvalue weighted by Crippen LogP contribution is -1.88. The highest BCUT2D eigenvalue weighted by atomic mass is 14.1. The van der Waals surface area contributed by atoms with Gasteiger partial charge in [0.1, 0.15) is 0 Å².